The van der Waals surface area contributed by atoms with Crippen LogP contribution in [0.1, 0.15) is 62.1 Å². The van der Waals surface area contributed by atoms with E-state index in [9.17, 15) is 9.59 Å². The first-order valence-corrected chi connectivity index (χ1v) is 14.3. The highest BCUT2D eigenvalue weighted by molar-refractivity contribution is 7.18. The summed E-state index contributed by atoms with van der Waals surface area (Å²) in [6, 6.07) is 6.18. The number of fused-ring (bicyclic) bond motifs is 2. The van der Waals surface area contributed by atoms with E-state index < -0.39 is 11.8 Å². The van der Waals surface area contributed by atoms with E-state index in [0.29, 0.717) is 29.6 Å². The van der Waals surface area contributed by atoms with Crippen molar-refractivity contribution in [2.45, 2.75) is 51.5 Å². The average Bonchev–Trinajstić information content (AvgIpc) is 3.68. The maximum atomic E-state index is 13.5. The number of pyridine rings is 1. The second-order valence-electron chi connectivity index (χ2n) is 10.8. The lowest BCUT2D eigenvalue weighted by Gasteiger charge is -2.38. The van der Waals surface area contributed by atoms with Crippen molar-refractivity contribution in [1.29, 1.82) is 0 Å². The van der Waals surface area contributed by atoms with Crippen LogP contribution in [0.5, 0.6) is 0 Å². The fraction of sp³-hybridized carbons (Fsp3) is 0.464. The topological polar surface area (TPSA) is 107 Å². The molecule has 2 saturated heterocycles. The molecule has 2 aliphatic heterocycles. The van der Waals surface area contributed by atoms with Gasteiger partial charge in [-0.2, -0.15) is 5.10 Å². The molecule has 2 N–H and O–H groups in total. The summed E-state index contributed by atoms with van der Waals surface area (Å²) < 4.78 is 1.16. The van der Waals surface area contributed by atoms with Crippen LogP contribution in [0.25, 0.3) is 21.1 Å². The molecule has 4 aromatic rings. The molecule has 1 unspecified atom stereocenters. The Kier molecular flexibility index (Phi) is 6.84. The molecule has 5 heterocycles. The largest absolute Gasteiger partial charge is 0.327 e. The van der Waals surface area contributed by atoms with Crippen molar-refractivity contribution in [3.05, 3.63) is 47.4 Å². The number of thiazole rings is 1. The molecule has 2 aliphatic rings. The number of rotatable bonds is 5. The smallest absolute Gasteiger partial charge is 0.314 e. The molecule has 0 bridgehead atoms. The second kappa shape index (κ2) is 10.4. The Labute approximate surface area is 225 Å². The summed E-state index contributed by atoms with van der Waals surface area (Å²) in [5.74, 6) is -0.487. The lowest BCUT2D eigenvalue weighted by molar-refractivity contribution is -0.146. The van der Waals surface area contributed by atoms with Gasteiger partial charge in [-0.3, -0.25) is 19.7 Å². The van der Waals surface area contributed by atoms with E-state index in [1.165, 1.54) is 32.1 Å². The number of carbonyl (C=O) groups is 2. The van der Waals surface area contributed by atoms with Crippen LogP contribution in [0, 0.1) is 5.92 Å². The van der Waals surface area contributed by atoms with Crippen LogP contribution < -0.4 is 5.32 Å². The van der Waals surface area contributed by atoms with Gasteiger partial charge in [0, 0.05) is 30.6 Å². The zero-order valence-corrected chi connectivity index (χ0v) is 22.6. The SMILES string of the molecule is CC(CN1CCCC1)c1nc2cc([C@H]3CC[C@H](C)CN3C(=O)C(=O)Nc3cncc4cn[nH]c34)ccc2s1. The van der Waals surface area contributed by atoms with Crippen molar-refractivity contribution < 1.29 is 9.59 Å². The van der Waals surface area contributed by atoms with Crippen molar-refractivity contribution in [1.82, 2.24) is 30.0 Å². The fourth-order valence-corrected chi connectivity index (χ4v) is 6.79. The molecule has 0 aliphatic carbocycles. The molecule has 38 heavy (non-hydrogen) atoms. The van der Waals surface area contributed by atoms with Gasteiger partial charge in [0.15, 0.2) is 0 Å². The Morgan fingerprint density at radius 1 is 1.18 bits per heavy atom. The number of nitrogens with one attached hydrogen (secondary N) is 2. The summed E-state index contributed by atoms with van der Waals surface area (Å²) in [7, 11) is 0. The summed E-state index contributed by atoms with van der Waals surface area (Å²) >= 11 is 1.76. The molecular formula is C28H33N7O2S. The number of likely N-dealkylation sites (tertiary alicyclic amines) is 2. The van der Waals surface area contributed by atoms with Gasteiger partial charge in [0.25, 0.3) is 0 Å². The molecule has 9 nitrogen and oxygen atoms in total. The van der Waals surface area contributed by atoms with Crippen LogP contribution in [0.2, 0.25) is 0 Å². The molecule has 3 aromatic heterocycles. The van der Waals surface area contributed by atoms with Crippen molar-refractivity contribution in [2.75, 3.05) is 31.5 Å². The van der Waals surface area contributed by atoms with E-state index >= 15 is 0 Å². The van der Waals surface area contributed by atoms with Gasteiger partial charge in [-0.05, 0) is 62.4 Å². The molecule has 0 spiro atoms. The van der Waals surface area contributed by atoms with Crippen molar-refractivity contribution in [3.8, 4) is 0 Å². The van der Waals surface area contributed by atoms with Gasteiger partial charge >= 0.3 is 11.8 Å². The van der Waals surface area contributed by atoms with Gasteiger partial charge in [-0.1, -0.05) is 19.9 Å². The Morgan fingerprint density at radius 3 is 2.87 bits per heavy atom. The summed E-state index contributed by atoms with van der Waals surface area (Å²) in [4.78, 5) is 40.0. The predicted molar refractivity (Wildman–Crippen MR) is 149 cm³/mol. The molecule has 198 valence electrons. The predicted octanol–water partition coefficient (Wildman–Crippen LogP) is 4.71. The standard InChI is InChI=1S/C28H33N7O2S/c1-17-5-7-23(35(15-17)28(37)26(36)31-22-14-29-12-20-13-30-33-25(20)22)19-6-8-24-21(11-19)32-27(38-24)18(2)16-34-9-3-4-10-34/h6,8,11-14,17-18,23H,3-5,7,9-10,15-16H2,1-2H3,(H,30,33)(H,31,36)/t17-,18?,23+/m0/s1. The number of benzene rings is 1. The van der Waals surface area contributed by atoms with Gasteiger partial charge < -0.3 is 15.1 Å². The summed E-state index contributed by atoms with van der Waals surface area (Å²) in [6.07, 6.45) is 9.21. The highest BCUT2D eigenvalue weighted by Gasteiger charge is 2.34. The minimum absolute atomic E-state index is 0.165. The zero-order chi connectivity index (χ0) is 26.2. The van der Waals surface area contributed by atoms with Crippen LogP contribution in [0.4, 0.5) is 5.69 Å². The second-order valence-corrected chi connectivity index (χ2v) is 11.9. The van der Waals surface area contributed by atoms with E-state index in [4.69, 9.17) is 4.98 Å². The van der Waals surface area contributed by atoms with Crippen LogP contribution in [0.15, 0.2) is 36.8 Å². The number of anilines is 1. The van der Waals surface area contributed by atoms with Crippen LogP contribution in [0.3, 0.4) is 0 Å². The number of H-pyrrole nitrogens is 1. The van der Waals surface area contributed by atoms with E-state index in [1.54, 1.807) is 28.6 Å². The number of amides is 2. The van der Waals surface area contributed by atoms with Crippen LogP contribution in [-0.2, 0) is 9.59 Å². The van der Waals surface area contributed by atoms with Gasteiger partial charge in [0.05, 0.1) is 44.9 Å². The number of hydrogen-bond donors (Lipinski definition) is 2. The van der Waals surface area contributed by atoms with Gasteiger partial charge in [-0.15, -0.1) is 11.3 Å². The molecule has 3 atom stereocenters. The maximum Gasteiger partial charge on any atom is 0.314 e. The first kappa shape index (κ1) is 24.9. The van der Waals surface area contributed by atoms with Crippen molar-refractivity contribution in [3.63, 3.8) is 0 Å². The summed E-state index contributed by atoms with van der Waals surface area (Å²) in [5.41, 5.74) is 3.10. The Balaban J connectivity index is 1.22. The third-order valence-electron chi connectivity index (χ3n) is 7.84. The van der Waals surface area contributed by atoms with Crippen molar-refractivity contribution in [2.24, 2.45) is 5.92 Å². The molecule has 6 rings (SSSR count). The maximum absolute atomic E-state index is 13.5. The fourth-order valence-electron chi connectivity index (χ4n) is 5.80. The molecule has 1 aromatic carbocycles. The molecule has 2 amide bonds. The molecule has 0 radical (unpaired) electrons. The van der Waals surface area contributed by atoms with Gasteiger partial charge in [-0.25, -0.2) is 4.98 Å². The van der Waals surface area contributed by atoms with Gasteiger partial charge in [0.1, 0.15) is 0 Å². The first-order chi connectivity index (χ1) is 18.5. The molecular weight excluding hydrogens is 498 g/mol. The normalized spacial score (nSPS) is 21.3. The molecule has 0 saturated carbocycles. The van der Waals surface area contributed by atoms with Gasteiger partial charge in [0.2, 0.25) is 0 Å². The van der Waals surface area contributed by atoms with E-state index in [2.05, 4.69) is 57.4 Å². The zero-order valence-electron chi connectivity index (χ0n) is 21.8. The third-order valence-corrected chi connectivity index (χ3v) is 9.11. The van der Waals surface area contributed by atoms with E-state index in [-0.39, 0.29) is 6.04 Å². The number of nitrogens with zero attached hydrogens (tertiary/aromatic N) is 5. The minimum atomic E-state index is -0.666. The quantitative estimate of drug-likeness (QED) is 0.362. The highest BCUT2D eigenvalue weighted by atomic mass is 32.1. The number of aromatic nitrogens is 4. The Bertz CT molecular complexity index is 1470. The Hall–Kier alpha value is -3.37. The van der Waals surface area contributed by atoms with Crippen molar-refractivity contribution >= 4 is 50.0 Å². The number of aromatic amines is 1. The van der Waals surface area contributed by atoms with Crippen LogP contribution >= 0.6 is 11.3 Å². The lowest BCUT2D eigenvalue weighted by atomic mass is 9.89. The molecule has 10 heteroatoms. The average molecular weight is 532 g/mol. The minimum Gasteiger partial charge on any atom is -0.327 e. The number of hydrogen-bond acceptors (Lipinski definition) is 7. The summed E-state index contributed by atoms with van der Waals surface area (Å²) in [5, 5.41) is 11.6. The Morgan fingerprint density at radius 2 is 2.03 bits per heavy atom. The monoisotopic (exact) mass is 531 g/mol. The lowest BCUT2D eigenvalue weighted by Crippen LogP contribution is -2.46. The van der Waals surface area contributed by atoms with E-state index in [0.717, 1.165) is 45.6 Å². The molecule has 2 fully saturated rings. The summed E-state index contributed by atoms with van der Waals surface area (Å²) in [6.45, 7) is 8.34. The van der Waals surface area contributed by atoms with Crippen LogP contribution in [-0.4, -0.2) is 68.0 Å². The third kappa shape index (κ3) is 4.90. The first-order valence-electron chi connectivity index (χ1n) is 13.5. The highest BCUT2D eigenvalue weighted by Crippen LogP contribution is 2.36. The number of piperidine rings is 1. The van der Waals surface area contributed by atoms with E-state index in [1.807, 2.05) is 0 Å². The number of carbonyl (C=O) groups excluding carboxylic acids is 2.